The second kappa shape index (κ2) is 8.18. The summed E-state index contributed by atoms with van der Waals surface area (Å²) in [5.41, 5.74) is 2.30. The Morgan fingerprint density at radius 1 is 1.26 bits per heavy atom. The number of benzodiazepines with no additional fused rings is 1. The lowest BCUT2D eigenvalue weighted by atomic mass is 9.99. The molecule has 0 aromatic heterocycles. The summed E-state index contributed by atoms with van der Waals surface area (Å²) in [6.45, 7) is 0.241. The van der Waals surface area contributed by atoms with E-state index < -0.39 is 11.8 Å². The number of carbonyl (C=O) groups is 2. The molecule has 2 N–H and O–H groups in total. The number of likely N-dealkylation sites (N-methyl/N-ethyl adjacent to an activating group) is 1. The predicted octanol–water partition coefficient (Wildman–Crippen LogP) is 3.00. The van der Waals surface area contributed by atoms with Gasteiger partial charge in [-0.2, -0.15) is 0 Å². The molecule has 8 heteroatoms. The van der Waals surface area contributed by atoms with E-state index in [0.29, 0.717) is 40.6 Å². The van der Waals surface area contributed by atoms with Crippen LogP contribution in [0.25, 0.3) is 0 Å². The summed E-state index contributed by atoms with van der Waals surface area (Å²) in [6.07, 6.45) is 0. The molecule has 3 rings (SSSR count). The Hall–Kier alpha value is -2.93. The molecule has 1 heterocycles. The van der Waals surface area contributed by atoms with Crippen LogP contribution in [0.1, 0.15) is 11.1 Å². The largest absolute Gasteiger partial charge is 0.337 e. The van der Waals surface area contributed by atoms with E-state index in [4.69, 9.17) is 11.6 Å². The highest BCUT2D eigenvalue weighted by Gasteiger charge is 2.24. The number of carbonyl (C=O) groups excluding carboxylic acids is 2. The van der Waals surface area contributed by atoms with Gasteiger partial charge in [-0.15, -0.1) is 11.6 Å². The molecule has 27 heavy (non-hydrogen) atoms. The lowest BCUT2D eigenvalue weighted by Gasteiger charge is -2.19. The number of hydrogen-bond donors (Lipinski definition) is 2. The molecule has 1 aliphatic heterocycles. The van der Waals surface area contributed by atoms with Crippen LogP contribution in [-0.4, -0.2) is 43.7 Å². The number of aliphatic imine (C=N–C) groups is 1. The maximum atomic E-state index is 14.4. The zero-order valence-corrected chi connectivity index (χ0v) is 15.4. The van der Waals surface area contributed by atoms with Crippen LogP contribution in [-0.2, 0) is 4.79 Å². The number of rotatable bonds is 4. The Bertz CT molecular complexity index is 916. The molecule has 3 amide bonds. The van der Waals surface area contributed by atoms with Gasteiger partial charge in [0, 0.05) is 36.3 Å². The second-order valence-electron chi connectivity index (χ2n) is 5.90. The van der Waals surface area contributed by atoms with E-state index in [-0.39, 0.29) is 12.5 Å². The fourth-order valence-electron chi connectivity index (χ4n) is 2.79. The highest BCUT2D eigenvalue weighted by atomic mass is 35.5. The summed E-state index contributed by atoms with van der Waals surface area (Å²) in [5, 5.41) is 5.30. The van der Waals surface area contributed by atoms with E-state index in [0.717, 1.165) is 0 Å². The third-order valence-electron chi connectivity index (χ3n) is 4.13. The maximum absolute atomic E-state index is 14.4. The number of amides is 3. The topological polar surface area (TPSA) is 73.8 Å². The van der Waals surface area contributed by atoms with Crippen molar-refractivity contribution in [2.24, 2.45) is 4.99 Å². The number of nitrogens with one attached hydrogen (secondary N) is 2. The Balaban J connectivity index is 2.04. The van der Waals surface area contributed by atoms with E-state index in [1.54, 1.807) is 43.4 Å². The molecule has 0 aliphatic carbocycles. The average Bonchev–Trinajstić information content (AvgIpc) is 2.78. The van der Waals surface area contributed by atoms with Gasteiger partial charge in [0.2, 0.25) is 5.91 Å². The number of hydrogen-bond acceptors (Lipinski definition) is 3. The van der Waals surface area contributed by atoms with Crippen molar-refractivity contribution in [1.82, 2.24) is 5.32 Å². The van der Waals surface area contributed by atoms with Crippen molar-refractivity contribution in [2.45, 2.75) is 0 Å². The summed E-state index contributed by atoms with van der Waals surface area (Å²) in [4.78, 5) is 30.0. The Kier molecular flexibility index (Phi) is 5.71. The van der Waals surface area contributed by atoms with E-state index in [1.807, 2.05) is 0 Å². The molecule has 0 radical (unpaired) electrons. The van der Waals surface area contributed by atoms with Gasteiger partial charge in [-0.1, -0.05) is 12.1 Å². The molecule has 0 saturated heterocycles. The van der Waals surface area contributed by atoms with Crippen LogP contribution < -0.4 is 15.5 Å². The average molecular weight is 389 g/mol. The number of fused-ring (bicyclic) bond motifs is 1. The predicted molar refractivity (Wildman–Crippen MR) is 104 cm³/mol. The van der Waals surface area contributed by atoms with Gasteiger partial charge in [0.15, 0.2) is 0 Å². The second-order valence-corrected chi connectivity index (χ2v) is 6.28. The molecular weight excluding hydrogens is 371 g/mol. The maximum Gasteiger partial charge on any atom is 0.319 e. The van der Waals surface area contributed by atoms with Crippen LogP contribution in [0.15, 0.2) is 47.5 Å². The van der Waals surface area contributed by atoms with Crippen molar-refractivity contribution in [3.05, 3.63) is 59.4 Å². The third kappa shape index (κ3) is 4.09. The first kappa shape index (κ1) is 18.8. The van der Waals surface area contributed by atoms with Gasteiger partial charge < -0.3 is 15.5 Å². The van der Waals surface area contributed by atoms with Crippen LogP contribution in [0.4, 0.5) is 20.6 Å². The van der Waals surface area contributed by atoms with Gasteiger partial charge in [-0.3, -0.25) is 9.79 Å². The molecule has 0 unspecified atom stereocenters. The molecule has 0 fully saturated rings. The minimum Gasteiger partial charge on any atom is -0.337 e. The van der Waals surface area contributed by atoms with Crippen molar-refractivity contribution in [2.75, 3.05) is 36.2 Å². The molecule has 2 aromatic carbocycles. The fraction of sp³-hybridized carbons (Fsp3) is 0.211. The summed E-state index contributed by atoms with van der Waals surface area (Å²) in [7, 11) is 1.64. The van der Waals surface area contributed by atoms with Crippen molar-refractivity contribution in [3.63, 3.8) is 0 Å². The lowest BCUT2D eigenvalue weighted by molar-refractivity contribution is -0.116. The minimum atomic E-state index is -0.433. The molecule has 140 valence electrons. The third-order valence-corrected chi connectivity index (χ3v) is 4.32. The fourth-order valence-corrected chi connectivity index (χ4v) is 2.88. The van der Waals surface area contributed by atoms with Crippen LogP contribution >= 0.6 is 11.6 Å². The highest BCUT2D eigenvalue weighted by Crippen LogP contribution is 2.29. The van der Waals surface area contributed by atoms with Gasteiger partial charge in [-0.05, 0) is 30.3 Å². The number of halogens is 2. The minimum absolute atomic E-state index is 0.0895. The number of alkyl halides is 1. The van der Waals surface area contributed by atoms with Gasteiger partial charge in [-0.25, -0.2) is 9.18 Å². The first-order valence-electron chi connectivity index (χ1n) is 8.32. The van der Waals surface area contributed by atoms with E-state index in [2.05, 4.69) is 15.6 Å². The van der Waals surface area contributed by atoms with E-state index in [1.165, 1.54) is 11.0 Å². The normalized spacial score (nSPS) is 13.5. The zero-order valence-electron chi connectivity index (χ0n) is 14.6. The van der Waals surface area contributed by atoms with Gasteiger partial charge in [0.1, 0.15) is 12.4 Å². The van der Waals surface area contributed by atoms with Crippen LogP contribution in [0, 0.1) is 5.82 Å². The van der Waals surface area contributed by atoms with E-state index in [9.17, 15) is 14.0 Å². The zero-order chi connectivity index (χ0) is 19.4. The number of anilines is 2. The first-order chi connectivity index (χ1) is 13.0. The van der Waals surface area contributed by atoms with Crippen molar-refractivity contribution < 1.29 is 14.0 Å². The molecule has 6 nitrogen and oxygen atoms in total. The molecule has 0 bridgehead atoms. The van der Waals surface area contributed by atoms with Gasteiger partial charge in [0.05, 0.1) is 11.4 Å². The van der Waals surface area contributed by atoms with Gasteiger partial charge in [0.25, 0.3) is 0 Å². The summed E-state index contributed by atoms with van der Waals surface area (Å²) in [6, 6.07) is 10.9. The van der Waals surface area contributed by atoms with Crippen molar-refractivity contribution in [1.29, 1.82) is 0 Å². The standard InChI is InChI=1S/C19H18ClFN4O2/c1-25-16-7-6-12(24-19(27)22-9-8-20)10-14(16)18(23-11-17(25)26)13-4-2-3-5-15(13)21/h2-7,10H,8-9,11H2,1H3,(H2,22,24,27). The van der Waals surface area contributed by atoms with Crippen molar-refractivity contribution >= 4 is 40.6 Å². The molecule has 1 aliphatic rings. The van der Waals surface area contributed by atoms with Gasteiger partial charge >= 0.3 is 6.03 Å². The summed E-state index contributed by atoms with van der Waals surface area (Å²) in [5.74, 6) is -0.338. The molecule has 2 aromatic rings. The van der Waals surface area contributed by atoms with Crippen molar-refractivity contribution in [3.8, 4) is 0 Å². The smallest absolute Gasteiger partial charge is 0.319 e. The summed E-state index contributed by atoms with van der Waals surface area (Å²) < 4.78 is 14.4. The Morgan fingerprint density at radius 3 is 2.78 bits per heavy atom. The Morgan fingerprint density at radius 2 is 2.04 bits per heavy atom. The SMILES string of the molecule is CN1C(=O)CN=C(c2ccccc2F)c2cc(NC(=O)NCCCl)ccc21. The Labute approximate surface area is 161 Å². The van der Waals surface area contributed by atoms with Crippen LogP contribution in [0.2, 0.25) is 0 Å². The van der Waals surface area contributed by atoms with E-state index >= 15 is 0 Å². The summed E-state index contributed by atoms with van der Waals surface area (Å²) >= 11 is 5.56. The number of urea groups is 1. The monoisotopic (exact) mass is 388 g/mol. The highest BCUT2D eigenvalue weighted by molar-refractivity contribution is 6.20. The molecule has 0 atom stereocenters. The van der Waals surface area contributed by atoms with Crippen LogP contribution in [0.5, 0.6) is 0 Å². The first-order valence-corrected chi connectivity index (χ1v) is 8.86. The number of benzene rings is 2. The van der Waals surface area contributed by atoms with Crippen LogP contribution in [0.3, 0.4) is 0 Å². The molecular formula is C19H18ClFN4O2. The quantitative estimate of drug-likeness (QED) is 0.790. The molecule has 0 spiro atoms. The number of nitrogens with zero attached hydrogens (tertiary/aromatic N) is 2. The molecule has 0 saturated carbocycles. The lowest BCUT2D eigenvalue weighted by Crippen LogP contribution is -2.30.